The van der Waals surface area contributed by atoms with Gasteiger partial charge in [0, 0.05) is 18.8 Å². The number of nitrogens with zero attached hydrogens (tertiary/aromatic N) is 3. The Morgan fingerprint density at radius 1 is 1.17 bits per heavy atom. The minimum Gasteiger partial charge on any atom is -0.367 e. The van der Waals surface area contributed by atoms with Gasteiger partial charge >= 0.3 is 0 Å². The maximum Gasteiger partial charge on any atom is 0.137 e. The van der Waals surface area contributed by atoms with Gasteiger partial charge in [0.15, 0.2) is 0 Å². The van der Waals surface area contributed by atoms with E-state index >= 15 is 0 Å². The van der Waals surface area contributed by atoms with Crippen LogP contribution < -0.4 is 10.6 Å². The fourth-order valence-corrected chi connectivity index (χ4v) is 4.22. The molecule has 1 saturated heterocycles. The van der Waals surface area contributed by atoms with Crippen molar-refractivity contribution in [1.82, 2.24) is 19.7 Å². The normalized spacial score (nSPS) is 25.9. The van der Waals surface area contributed by atoms with Crippen molar-refractivity contribution in [1.29, 1.82) is 0 Å². The van der Waals surface area contributed by atoms with Crippen molar-refractivity contribution in [2.75, 3.05) is 18.4 Å². The Hall–Kier alpha value is -2.40. The van der Waals surface area contributed by atoms with Gasteiger partial charge in [0.1, 0.15) is 11.5 Å². The van der Waals surface area contributed by atoms with Crippen molar-refractivity contribution >= 4 is 11.5 Å². The number of anilines is 1. The number of imidazole rings is 1. The molecule has 2 N–H and O–H groups in total. The molecule has 24 heavy (non-hydrogen) atoms. The van der Waals surface area contributed by atoms with Crippen LogP contribution in [-0.2, 0) is 0 Å². The van der Waals surface area contributed by atoms with E-state index in [0.717, 1.165) is 22.9 Å². The zero-order valence-corrected chi connectivity index (χ0v) is 13.6. The molecule has 5 heteroatoms. The van der Waals surface area contributed by atoms with Gasteiger partial charge in [-0.2, -0.15) is 0 Å². The second kappa shape index (κ2) is 5.31. The van der Waals surface area contributed by atoms with Crippen molar-refractivity contribution in [2.45, 2.75) is 25.3 Å². The van der Waals surface area contributed by atoms with Crippen molar-refractivity contribution in [3.8, 4) is 11.4 Å². The topological polar surface area (TPSA) is 54.2 Å². The summed E-state index contributed by atoms with van der Waals surface area (Å²) in [4.78, 5) is 9.27. The van der Waals surface area contributed by atoms with Gasteiger partial charge in [0.25, 0.3) is 0 Å². The van der Waals surface area contributed by atoms with Crippen molar-refractivity contribution in [2.24, 2.45) is 5.41 Å². The van der Waals surface area contributed by atoms with E-state index in [1.54, 1.807) is 0 Å². The molecule has 0 atom stereocenters. The van der Waals surface area contributed by atoms with Gasteiger partial charge in [-0.3, -0.25) is 4.40 Å². The molecule has 0 unspecified atom stereocenters. The standard InChI is InChI=1S/C19H21N5/c1-2-9-24-16(12-21-18(24)6-1)15-4-3-5-17(23-15)22-14-10-19(11-14)7-8-20-13-19/h1-6,9,12,14,20H,7-8,10-11,13H2,(H,22,23). The monoisotopic (exact) mass is 319 g/mol. The SMILES string of the molecule is c1cc(NC2CC3(CCNC3)C2)nc(-c2cnc3ccccn23)c1. The summed E-state index contributed by atoms with van der Waals surface area (Å²) in [5.41, 5.74) is 3.48. The molecule has 1 aliphatic heterocycles. The molecule has 1 spiro atoms. The Bertz CT molecular complexity index is 870. The third-order valence-corrected chi connectivity index (χ3v) is 5.47. The Morgan fingerprint density at radius 2 is 2.12 bits per heavy atom. The average Bonchev–Trinajstić information content (AvgIpc) is 3.21. The first-order chi connectivity index (χ1) is 11.8. The quantitative estimate of drug-likeness (QED) is 0.779. The van der Waals surface area contributed by atoms with Crippen LogP contribution in [0.5, 0.6) is 0 Å². The molecule has 0 amide bonds. The van der Waals surface area contributed by atoms with E-state index in [2.05, 4.69) is 32.2 Å². The number of rotatable bonds is 3. The van der Waals surface area contributed by atoms with Gasteiger partial charge in [-0.05, 0) is 55.5 Å². The second-order valence-electron chi connectivity index (χ2n) is 7.16. The largest absolute Gasteiger partial charge is 0.367 e. The number of hydrogen-bond donors (Lipinski definition) is 2. The summed E-state index contributed by atoms with van der Waals surface area (Å²) >= 11 is 0. The summed E-state index contributed by atoms with van der Waals surface area (Å²) in [5, 5.41) is 7.10. The summed E-state index contributed by atoms with van der Waals surface area (Å²) in [6.45, 7) is 2.36. The van der Waals surface area contributed by atoms with Gasteiger partial charge in [-0.1, -0.05) is 12.1 Å². The molecule has 5 rings (SSSR count). The Labute approximate surface area is 141 Å². The van der Waals surface area contributed by atoms with Gasteiger partial charge in [-0.25, -0.2) is 9.97 Å². The maximum atomic E-state index is 4.81. The highest BCUT2D eigenvalue weighted by molar-refractivity contribution is 5.61. The average molecular weight is 319 g/mol. The minimum atomic E-state index is 0.551. The molecule has 122 valence electrons. The summed E-state index contributed by atoms with van der Waals surface area (Å²) in [5.74, 6) is 0.962. The van der Waals surface area contributed by atoms with Crippen LogP contribution in [-0.4, -0.2) is 33.5 Å². The summed E-state index contributed by atoms with van der Waals surface area (Å²) < 4.78 is 2.08. The number of nitrogens with one attached hydrogen (secondary N) is 2. The highest BCUT2D eigenvalue weighted by Crippen LogP contribution is 2.46. The van der Waals surface area contributed by atoms with Gasteiger partial charge in [0.2, 0.25) is 0 Å². The fraction of sp³-hybridized carbons (Fsp3) is 0.368. The van der Waals surface area contributed by atoms with Crippen LogP contribution in [0.3, 0.4) is 0 Å². The predicted molar refractivity (Wildman–Crippen MR) is 95.0 cm³/mol. The maximum absolute atomic E-state index is 4.81. The highest BCUT2D eigenvalue weighted by Gasteiger charge is 2.45. The molecule has 0 bridgehead atoms. The first-order valence-electron chi connectivity index (χ1n) is 8.68. The third-order valence-electron chi connectivity index (χ3n) is 5.47. The van der Waals surface area contributed by atoms with Crippen LogP contribution in [0.4, 0.5) is 5.82 Å². The van der Waals surface area contributed by atoms with Crippen LogP contribution in [0, 0.1) is 5.41 Å². The van der Waals surface area contributed by atoms with E-state index < -0.39 is 0 Å². The first-order valence-corrected chi connectivity index (χ1v) is 8.68. The molecule has 4 heterocycles. The summed E-state index contributed by atoms with van der Waals surface area (Å²) in [6.07, 6.45) is 7.75. The van der Waals surface area contributed by atoms with E-state index in [4.69, 9.17) is 4.98 Å². The highest BCUT2D eigenvalue weighted by atomic mass is 15.1. The van der Waals surface area contributed by atoms with Crippen molar-refractivity contribution in [3.63, 3.8) is 0 Å². The lowest BCUT2D eigenvalue weighted by Gasteiger charge is -2.45. The smallest absolute Gasteiger partial charge is 0.137 e. The van der Waals surface area contributed by atoms with Gasteiger partial charge < -0.3 is 10.6 Å². The molecule has 2 fully saturated rings. The van der Waals surface area contributed by atoms with Gasteiger partial charge in [-0.15, -0.1) is 0 Å². The number of hydrogen-bond acceptors (Lipinski definition) is 4. The van der Waals surface area contributed by atoms with Crippen LogP contribution in [0.1, 0.15) is 19.3 Å². The van der Waals surface area contributed by atoms with E-state index in [1.165, 1.54) is 32.4 Å². The van der Waals surface area contributed by atoms with Crippen molar-refractivity contribution in [3.05, 3.63) is 48.8 Å². The zero-order valence-electron chi connectivity index (χ0n) is 13.6. The minimum absolute atomic E-state index is 0.551. The first kappa shape index (κ1) is 14.0. The molecular weight excluding hydrogens is 298 g/mol. The van der Waals surface area contributed by atoms with Crippen molar-refractivity contribution < 1.29 is 0 Å². The molecule has 0 radical (unpaired) electrons. The molecular formula is C19H21N5. The van der Waals surface area contributed by atoms with Crippen LogP contribution in [0.2, 0.25) is 0 Å². The molecule has 1 saturated carbocycles. The molecule has 2 aliphatic rings. The number of aromatic nitrogens is 3. The lowest BCUT2D eigenvalue weighted by Crippen LogP contribution is -2.46. The Kier molecular flexibility index (Phi) is 3.10. The van der Waals surface area contributed by atoms with Crippen LogP contribution in [0.15, 0.2) is 48.8 Å². The molecule has 5 nitrogen and oxygen atoms in total. The number of pyridine rings is 2. The second-order valence-corrected chi connectivity index (χ2v) is 7.16. The van der Waals surface area contributed by atoms with E-state index in [1.807, 2.05) is 36.7 Å². The van der Waals surface area contributed by atoms with E-state index in [9.17, 15) is 0 Å². The Balaban J connectivity index is 1.37. The third kappa shape index (κ3) is 2.27. The lowest BCUT2D eigenvalue weighted by molar-refractivity contribution is 0.141. The van der Waals surface area contributed by atoms with E-state index in [0.29, 0.717) is 11.5 Å². The van der Waals surface area contributed by atoms with Crippen LogP contribution in [0.25, 0.3) is 17.0 Å². The van der Waals surface area contributed by atoms with Gasteiger partial charge in [0.05, 0.1) is 17.6 Å². The lowest BCUT2D eigenvalue weighted by atomic mass is 9.65. The zero-order chi connectivity index (χ0) is 16.0. The van der Waals surface area contributed by atoms with E-state index in [-0.39, 0.29) is 0 Å². The Morgan fingerprint density at radius 3 is 3.00 bits per heavy atom. The molecule has 3 aromatic heterocycles. The summed E-state index contributed by atoms with van der Waals surface area (Å²) in [6, 6.07) is 12.8. The molecule has 0 aromatic carbocycles. The van der Waals surface area contributed by atoms with Crippen LogP contribution >= 0.6 is 0 Å². The molecule has 1 aliphatic carbocycles. The fourth-order valence-electron chi connectivity index (χ4n) is 4.22. The summed E-state index contributed by atoms with van der Waals surface area (Å²) in [7, 11) is 0. The molecule has 3 aromatic rings. The number of fused-ring (bicyclic) bond motifs is 1. The predicted octanol–water partition coefficient (Wildman–Crippen LogP) is 2.95.